The van der Waals surface area contributed by atoms with Crippen molar-refractivity contribution in [1.29, 1.82) is 0 Å². The predicted octanol–water partition coefficient (Wildman–Crippen LogP) is 5.04. The predicted molar refractivity (Wildman–Crippen MR) is 152 cm³/mol. The quantitative estimate of drug-likeness (QED) is 0.302. The van der Waals surface area contributed by atoms with E-state index in [0.29, 0.717) is 41.4 Å². The fourth-order valence-electron chi connectivity index (χ4n) is 5.05. The minimum Gasteiger partial charge on any atom is -0.319 e. The van der Waals surface area contributed by atoms with Gasteiger partial charge in [0.2, 0.25) is 11.7 Å². The summed E-state index contributed by atoms with van der Waals surface area (Å²) in [6, 6.07) is 21.0. The van der Waals surface area contributed by atoms with Gasteiger partial charge in [0, 0.05) is 29.4 Å². The largest absolute Gasteiger partial charge is 0.319 e. The molecule has 1 aliphatic heterocycles. The highest BCUT2D eigenvalue weighted by Crippen LogP contribution is 2.32. The van der Waals surface area contributed by atoms with E-state index in [0.717, 1.165) is 22.3 Å². The Morgan fingerprint density at radius 2 is 1.85 bits per heavy atom. The molecule has 0 bridgehead atoms. The normalized spacial score (nSPS) is 13.2. The topological polar surface area (TPSA) is 111 Å². The zero-order valence-corrected chi connectivity index (χ0v) is 22.8. The summed E-state index contributed by atoms with van der Waals surface area (Å²) >= 11 is 6.29. The molecule has 202 valence electrons. The minimum atomic E-state index is -0.331. The number of imidazole rings is 1. The van der Waals surface area contributed by atoms with E-state index in [2.05, 4.69) is 25.8 Å². The molecule has 10 nitrogen and oxygen atoms in total. The molecule has 0 fully saturated rings. The average molecular weight is 555 g/mol. The summed E-state index contributed by atoms with van der Waals surface area (Å²) in [7, 11) is 0. The van der Waals surface area contributed by atoms with Gasteiger partial charge < -0.3 is 14.8 Å². The lowest BCUT2D eigenvalue weighted by Gasteiger charge is -2.29. The Morgan fingerprint density at radius 1 is 1.02 bits per heavy atom. The molecule has 0 unspecified atom stereocenters. The molecule has 40 heavy (non-hydrogen) atoms. The first-order valence-corrected chi connectivity index (χ1v) is 13.5. The summed E-state index contributed by atoms with van der Waals surface area (Å²) in [5.74, 6) is 0.584. The minimum absolute atomic E-state index is 0.0101. The second-order valence-electron chi connectivity index (χ2n) is 10.1. The van der Waals surface area contributed by atoms with Gasteiger partial charge in [-0.05, 0) is 78.2 Å². The number of tetrazole rings is 1. The molecule has 3 aromatic carbocycles. The van der Waals surface area contributed by atoms with Crippen LogP contribution < -0.4 is 10.2 Å². The van der Waals surface area contributed by atoms with E-state index < -0.39 is 0 Å². The number of hydrogen-bond donors (Lipinski definition) is 1. The second-order valence-corrected chi connectivity index (χ2v) is 10.5. The molecule has 0 aliphatic carbocycles. The van der Waals surface area contributed by atoms with E-state index >= 15 is 0 Å². The smallest absolute Gasteiger partial charge is 0.291 e. The van der Waals surface area contributed by atoms with E-state index in [-0.39, 0.29) is 30.2 Å². The lowest BCUT2D eigenvalue weighted by molar-refractivity contribution is -0.119. The van der Waals surface area contributed by atoms with Crippen molar-refractivity contribution in [2.75, 3.05) is 10.2 Å². The number of carbonyl (C=O) groups excluding carboxylic acids is 2. The van der Waals surface area contributed by atoms with Crippen LogP contribution in [0.5, 0.6) is 0 Å². The molecule has 0 atom stereocenters. The number of carbonyl (C=O) groups is 2. The molecule has 0 saturated carbocycles. The molecule has 2 aromatic heterocycles. The van der Waals surface area contributed by atoms with Crippen LogP contribution in [0.2, 0.25) is 5.02 Å². The van der Waals surface area contributed by atoms with Crippen molar-refractivity contribution in [2.24, 2.45) is 0 Å². The Kier molecular flexibility index (Phi) is 6.77. The van der Waals surface area contributed by atoms with E-state index in [1.807, 2.05) is 73.0 Å². The maximum absolute atomic E-state index is 13.6. The fraction of sp³-hybridized carbons (Fsp3) is 0.241. The number of anilines is 2. The summed E-state index contributed by atoms with van der Waals surface area (Å²) < 4.78 is 3.59. The van der Waals surface area contributed by atoms with Crippen molar-refractivity contribution >= 4 is 45.8 Å². The molecule has 0 radical (unpaired) electrons. The number of hydrogen-bond acceptors (Lipinski definition) is 6. The Hall–Kier alpha value is -4.57. The first-order chi connectivity index (χ1) is 19.4. The van der Waals surface area contributed by atoms with Gasteiger partial charge in [0.05, 0.1) is 23.6 Å². The number of aromatic nitrogens is 6. The molecule has 11 heteroatoms. The highest BCUT2D eigenvalue weighted by Gasteiger charge is 2.27. The van der Waals surface area contributed by atoms with Gasteiger partial charge in [-0.1, -0.05) is 41.9 Å². The van der Waals surface area contributed by atoms with Crippen molar-refractivity contribution < 1.29 is 9.59 Å². The van der Waals surface area contributed by atoms with Crippen LogP contribution in [0.25, 0.3) is 11.0 Å². The zero-order valence-electron chi connectivity index (χ0n) is 22.1. The standard InChI is InChI=1S/C29H27ClN8O2/c1-18(2)38-26(33-34-35-38)17-36-24-12-10-22(14-20(24)8-13-27(36)39)31-29(40)28-32-23-11-9-21(30)15-25(23)37(28)16-19-6-4-3-5-7-19/h3-7,9-12,14-15,18H,8,13,16-17H2,1-2H3,(H,31,40). The molecule has 6 rings (SSSR count). The molecular formula is C29H27ClN8O2. The molecule has 0 saturated heterocycles. The summed E-state index contributed by atoms with van der Waals surface area (Å²) in [5, 5.41) is 15.5. The van der Waals surface area contributed by atoms with Gasteiger partial charge in [-0.25, -0.2) is 9.67 Å². The van der Waals surface area contributed by atoms with Gasteiger partial charge in [-0.3, -0.25) is 9.59 Å². The average Bonchev–Trinajstić information content (AvgIpc) is 3.56. The molecule has 1 N–H and O–H groups in total. The third kappa shape index (κ3) is 4.93. The van der Waals surface area contributed by atoms with Gasteiger partial charge in [0.15, 0.2) is 5.82 Å². The van der Waals surface area contributed by atoms with E-state index in [4.69, 9.17) is 11.6 Å². The molecular weight excluding hydrogens is 528 g/mol. The van der Waals surface area contributed by atoms with Crippen molar-refractivity contribution in [3.05, 3.63) is 94.5 Å². The van der Waals surface area contributed by atoms with Crippen molar-refractivity contribution in [1.82, 2.24) is 29.8 Å². The number of benzene rings is 3. The lowest BCUT2D eigenvalue weighted by atomic mass is 10.00. The van der Waals surface area contributed by atoms with Crippen LogP contribution in [0.15, 0.2) is 66.7 Å². The molecule has 1 aliphatic rings. The first-order valence-electron chi connectivity index (χ1n) is 13.1. The maximum Gasteiger partial charge on any atom is 0.291 e. The van der Waals surface area contributed by atoms with Crippen LogP contribution >= 0.6 is 11.6 Å². The van der Waals surface area contributed by atoms with Crippen LogP contribution in [0.1, 0.15) is 53.9 Å². The van der Waals surface area contributed by atoms with Crippen molar-refractivity contribution in [3.63, 3.8) is 0 Å². The maximum atomic E-state index is 13.6. The number of fused-ring (bicyclic) bond motifs is 2. The number of nitrogens with zero attached hydrogens (tertiary/aromatic N) is 7. The number of rotatable bonds is 7. The van der Waals surface area contributed by atoms with Crippen LogP contribution in [-0.4, -0.2) is 41.6 Å². The van der Waals surface area contributed by atoms with Gasteiger partial charge in [-0.15, -0.1) is 5.10 Å². The monoisotopic (exact) mass is 554 g/mol. The SMILES string of the molecule is CC(C)n1nnnc1CN1C(=O)CCc2cc(NC(=O)c3nc4ccc(Cl)cc4n3Cc3ccccc3)ccc21. The summed E-state index contributed by atoms with van der Waals surface area (Å²) in [6.45, 7) is 4.72. The van der Waals surface area contributed by atoms with Crippen LogP contribution in [-0.2, 0) is 24.3 Å². The molecule has 2 amide bonds. The van der Waals surface area contributed by atoms with E-state index in [1.54, 1.807) is 21.7 Å². The van der Waals surface area contributed by atoms with Gasteiger partial charge in [-0.2, -0.15) is 0 Å². The Bertz CT molecular complexity index is 1730. The fourth-order valence-corrected chi connectivity index (χ4v) is 5.22. The van der Waals surface area contributed by atoms with E-state index in [9.17, 15) is 9.59 Å². The zero-order chi connectivity index (χ0) is 27.8. The molecule has 5 aromatic rings. The summed E-state index contributed by atoms with van der Waals surface area (Å²) in [4.78, 5) is 32.8. The number of aryl methyl sites for hydroxylation is 1. The number of nitrogens with one attached hydrogen (secondary N) is 1. The molecule has 0 spiro atoms. The Morgan fingerprint density at radius 3 is 2.65 bits per heavy atom. The Labute approximate surface area is 235 Å². The third-order valence-electron chi connectivity index (χ3n) is 6.98. The summed E-state index contributed by atoms with van der Waals surface area (Å²) in [6.07, 6.45) is 0.940. The van der Waals surface area contributed by atoms with Crippen molar-refractivity contribution in [3.8, 4) is 0 Å². The van der Waals surface area contributed by atoms with Crippen LogP contribution in [0, 0.1) is 0 Å². The van der Waals surface area contributed by atoms with Crippen LogP contribution in [0.3, 0.4) is 0 Å². The van der Waals surface area contributed by atoms with Gasteiger partial charge in [0.1, 0.15) is 0 Å². The summed E-state index contributed by atoms with van der Waals surface area (Å²) in [5.41, 5.74) is 4.89. The first kappa shape index (κ1) is 25.7. The second kappa shape index (κ2) is 10.5. The van der Waals surface area contributed by atoms with Gasteiger partial charge in [0.25, 0.3) is 5.91 Å². The van der Waals surface area contributed by atoms with Crippen LogP contribution in [0.4, 0.5) is 11.4 Å². The number of halogens is 1. The highest BCUT2D eigenvalue weighted by atomic mass is 35.5. The van der Waals surface area contributed by atoms with Gasteiger partial charge >= 0.3 is 0 Å². The Balaban J connectivity index is 1.29. The van der Waals surface area contributed by atoms with E-state index in [1.165, 1.54) is 0 Å². The number of amides is 2. The lowest BCUT2D eigenvalue weighted by Crippen LogP contribution is -2.35. The molecule has 3 heterocycles. The third-order valence-corrected chi connectivity index (χ3v) is 7.22. The van der Waals surface area contributed by atoms with Crippen molar-refractivity contribution in [2.45, 2.75) is 45.8 Å². The highest BCUT2D eigenvalue weighted by molar-refractivity contribution is 6.31.